The molecule has 7 heteroatoms. The first-order chi connectivity index (χ1) is 16.3. The Balaban J connectivity index is 1.20. The van der Waals surface area contributed by atoms with Gasteiger partial charge >= 0.3 is 0 Å². The van der Waals surface area contributed by atoms with Crippen molar-refractivity contribution in [3.63, 3.8) is 0 Å². The molecule has 4 fully saturated rings. The molecule has 3 saturated carbocycles. The lowest BCUT2D eigenvalue weighted by Crippen LogP contribution is -2.40. The minimum Gasteiger partial charge on any atom is -0.307 e. The molecule has 2 aromatic rings. The molecule has 1 amide bonds. The van der Waals surface area contributed by atoms with Gasteiger partial charge < -0.3 is 4.90 Å². The molecule has 7 rings (SSSR count). The lowest BCUT2D eigenvalue weighted by atomic mass is 9.66. The van der Waals surface area contributed by atoms with Crippen LogP contribution in [0.1, 0.15) is 60.9 Å². The summed E-state index contributed by atoms with van der Waals surface area (Å²) in [6.07, 6.45) is 8.59. The summed E-state index contributed by atoms with van der Waals surface area (Å²) in [6.45, 7) is 1.91. The quantitative estimate of drug-likeness (QED) is 0.527. The van der Waals surface area contributed by atoms with E-state index in [0.29, 0.717) is 42.4 Å². The summed E-state index contributed by atoms with van der Waals surface area (Å²) in [4.78, 5) is 16.0. The Labute approximate surface area is 209 Å². The second-order valence-corrected chi connectivity index (χ2v) is 14.3. The molecule has 2 atom stereocenters. The zero-order valence-corrected chi connectivity index (χ0v) is 21.6. The zero-order chi connectivity index (χ0) is 23.3. The van der Waals surface area contributed by atoms with Gasteiger partial charge in [0.15, 0.2) is 0 Å². The molecule has 178 valence electrons. The first-order valence-electron chi connectivity index (χ1n) is 12.5. The fourth-order valence-electron chi connectivity index (χ4n) is 6.83. The summed E-state index contributed by atoms with van der Waals surface area (Å²) >= 11 is 3.65. The van der Waals surface area contributed by atoms with Gasteiger partial charge in [-0.1, -0.05) is 22.0 Å². The fraction of sp³-hybridized carbons (Fsp3) is 0.519. The van der Waals surface area contributed by atoms with Crippen LogP contribution < -0.4 is 4.90 Å². The van der Waals surface area contributed by atoms with Crippen LogP contribution in [0.2, 0.25) is 0 Å². The predicted molar refractivity (Wildman–Crippen MR) is 134 cm³/mol. The Kier molecular flexibility index (Phi) is 4.55. The van der Waals surface area contributed by atoms with Crippen LogP contribution in [0.15, 0.2) is 51.8 Å². The number of piperidine rings is 1. The number of sulfonamides is 1. The molecule has 0 bridgehead atoms. The van der Waals surface area contributed by atoms with Crippen LogP contribution in [0, 0.1) is 17.3 Å². The normalized spacial score (nSPS) is 28.2. The number of carbonyl (C=O) groups is 1. The van der Waals surface area contributed by atoms with Crippen molar-refractivity contribution >= 4 is 37.5 Å². The van der Waals surface area contributed by atoms with Crippen molar-refractivity contribution in [2.45, 2.75) is 55.3 Å². The maximum Gasteiger partial charge on any atom is 0.258 e. The fourth-order valence-corrected chi connectivity index (χ4v) is 8.79. The second-order valence-electron chi connectivity index (χ2n) is 11.4. The summed E-state index contributed by atoms with van der Waals surface area (Å²) in [5.74, 6) is 0.955. The van der Waals surface area contributed by atoms with Crippen LogP contribution in [-0.4, -0.2) is 38.3 Å². The summed E-state index contributed by atoms with van der Waals surface area (Å²) in [5, 5.41) is 0. The van der Waals surface area contributed by atoms with Gasteiger partial charge in [-0.15, -0.1) is 0 Å². The number of amides is 1. The summed E-state index contributed by atoms with van der Waals surface area (Å²) in [5.41, 5.74) is 3.28. The highest BCUT2D eigenvalue weighted by Crippen LogP contribution is 2.62. The van der Waals surface area contributed by atoms with E-state index in [9.17, 15) is 13.2 Å². The van der Waals surface area contributed by atoms with E-state index < -0.39 is 10.0 Å². The van der Waals surface area contributed by atoms with E-state index in [0.717, 1.165) is 29.4 Å². The molecule has 2 heterocycles. The highest BCUT2D eigenvalue weighted by Gasteiger charge is 2.54. The van der Waals surface area contributed by atoms with E-state index in [1.54, 1.807) is 28.6 Å². The maximum absolute atomic E-state index is 13.8. The number of fused-ring (bicyclic) bond motifs is 3. The van der Waals surface area contributed by atoms with E-state index >= 15 is 0 Å². The smallest absolute Gasteiger partial charge is 0.258 e. The Morgan fingerprint density at radius 2 is 1.65 bits per heavy atom. The largest absolute Gasteiger partial charge is 0.307 e. The second kappa shape index (κ2) is 7.17. The Hall–Kier alpha value is -1.70. The first-order valence-corrected chi connectivity index (χ1v) is 14.7. The third-order valence-electron chi connectivity index (χ3n) is 9.42. The van der Waals surface area contributed by atoms with Crippen molar-refractivity contribution in [2.24, 2.45) is 17.3 Å². The van der Waals surface area contributed by atoms with Crippen molar-refractivity contribution in [3.8, 4) is 0 Å². The molecule has 0 aromatic heterocycles. The maximum atomic E-state index is 13.8. The van der Waals surface area contributed by atoms with E-state index in [4.69, 9.17) is 0 Å². The minimum atomic E-state index is -3.56. The third-order valence-corrected chi connectivity index (χ3v) is 11.7. The highest BCUT2D eigenvalue weighted by atomic mass is 79.9. The van der Waals surface area contributed by atoms with Gasteiger partial charge in [0.25, 0.3) is 5.91 Å². The van der Waals surface area contributed by atoms with E-state index in [1.807, 2.05) is 17.0 Å². The topological polar surface area (TPSA) is 57.7 Å². The van der Waals surface area contributed by atoms with Crippen molar-refractivity contribution in [1.82, 2.24) is 4.31 Å². The molecule has 0 N–H and O–H groups in total. The lowest BCUT2D eigenvalue weighted by molar-refractivity contribution is 0.0980. The standard InChI is InChI=1S/C27H29BrN2O3S/c28-21-4-5-24-23(14-21)27(10-8-26(6-7-26)9-11-27)17-30(24)25(31)18-2-1-3-22(13-18)34(32,33)29-15-19-12-20(19)16-29/h1-5,13-14,19-20H,6-12,15-17H2. The summed E-state index contributed by atoms with van der Waals surface area (Å²) < 4.78 is 29.1. The van der Waals surface area contributed by atoms with Gasteiger partial charge in [-0.05, 0) is 104 Å². The number of anilines is 1. The molecule has 5 aliphatic rings. The van der Waals surface area contributed by atoms with Gasteiger partial charge in [0.05, 0.1) is 4.90 Å². The van der Waals surface area contributed by atoms with Crippen LogP contribution in [0.5, 0.6) is 0 Å². The van der Waals surface area contributed by atoms with Gasteiger partial charge in [-0.3, -0.25) is 4.79 Å². The van der Waals surface area contributed by atoms with Crippen molar-refractivity contribution in [1.29, 1.82) is 0 Å². The average molecular weight is 542 g/mol. The van der Waals surface area contributed by atoms with Crippen LogP contribution >= 0.6 is 15.9 Å². The van der Waals surface area contributed by atoms with Crippen LogP contribution in [0.4, 0.5) is 5.69 Å². The third kappa shape index (κ3) is 3.26. The molecule has 1 saturated heterocycles. The SMILES string of the molecule is O=C(c1cccc(S(=O)(=O)N2CC3CC3C2)c1)N1CC2(CCC3(CC3)CC2)c2cc(Br)ccc21. The van der Waals surface area contributed by atoms with Crippen LogP contribution in [0.25, 0.3) is 0 Å². The highest BCUT2D eigenvalue weighted by molar-refractivity contribution is 9.10. The first kappa shape index (κ1) is 21.6. The number of hydrogen-bond acceptors (Lipinski definition) is 3. The molecule has 2 unspecified atom stereocenters. The van der Waals surface area contributed by atoms with E-state index in [2.05, 4.69) is 22.0 Å². The Morgan fingerprint density at radius 3 is 2.35 bits per heavy atom. The van der Waals surface area contributed by atoms with Gasteiger partial charge in [-0.2, -0.15) is 4.31 Å². The van der Waals surface area contributed by atoms with E-state index in [-0.39, 0.29) is 16.2 Å². The zero-order valence-electron chi connectivity index (χ0n) is 19.2. The van der Waals surface area contributed by atoms with Crippen molar-refractivity contribution in [2.75, 3.05) is 24.5 Å². The van der Waals surface area contributed by atoms with Gasteiger partial charge in [-0.25, -0.2) is 8.42 Å². The van der Waals surface area contributed by atoms with Gasteiger partial charge in [0, 0.05) is 40.8 Å². The molecular weight excluding hydrogens is 512 g/mol. The van der Waals surface area contributed by atoms with Gasteiger partial charge in [0.2, 0.25) is 10.0 Å². The Bertz CT molecular complexity index is 1300. The molecular formula is C27H29BrN2O3S. The number of nitrogens with zero attached hydrogens (tertiary/aromatic N) is 2. The molecule has 34 heavy (non-hydrogen) atoms. The molecule has 0 radical (unpaired) electrons. The lowest BCUT2D eigenvalue weighted by Gasteiger charge is -2.38. The number of rotatable bonds is 3. The number of hydrogen-bond donors (Lipinski definition) is 0. The predicted octanol–water partition coefficient (Wildman–Crippen LogP) is 5.34. The molecule has 2 aromatic carbocycles. The van der Waals surface area contributed by atoms with Gasteiger partial charge in [0.1, 0.15) is 0 Å². The van der Waals surface area contributed by atoms with Crippen LogP contribution in [-0.2, 0) is 15.4 Å². The minimum absolute atomic E-state index is 0.00286. The monoisotopic (exact) mass is 540 g/mol. The Morgan fingerprint density at radius 1 is 0.941 bits per heavy atom. The average Bonchev–Trinajstić information content (AvgIpc) is 3.72. The van der Waals surface area contributed by atoms with E-state index in [1.165, 1.54) is 31.2 Å². The number of carbonyl (C=O) groups excluding carboxylic acids is 1. The van der Waals surface area contributed by atoms with Crippen molar-refractivity contribution in [3.05, 3.63) is 58.1 Å². The molecule has 2 spiro atoms. The molecule has 5 nitrogen and oxygen atoms in total. The van der Waals surface area contributed by atoms with Crippen molar-refractivity contribution < 1.29 is 13.2 Å². The molecule has 3 aliphatic carbocycles. The summed E-state index contributed by atoms with van der Waals surface area (Å²) in [6, 6.07) is 12.9. The number of halogens is 1. The van der Waals surface area contributed by atoms with Crippen LogP contribution in [0.3, 0.4) is 0 Å². The number of benzene rings is 2. The summed E-state index contributed by atoms with van der Waals surface area (Å²) in [7, 11) is -3.56. The molecule has 2 aliphatic heterocycles.